The van der Waals surface area contributed by atoms with Gasteiger partial charge in [0, 0.05) is 5.56 Å². The van der Waals surface area contributed by atoms with Crippen LogP contribution in [0.5, 0.6) is 11.5 Å². The number of alkyl halides is 2. The third-order valence-electron chi connectivity index (χ3n) is 3.70. The summed E-state index contributed by atoms with van der Waals surface area (Å²) in [5.74, 6) is -1.23. The Balaban J connectivity index is 1.91. The van der Waals surface area contributed by atoms with Crippen LogP contribution in [0.2, 0.25) is 0 Å². The lowest BCUT2D eigenvalue weighted by molar-refractivity contribution is -0.254. The summed E-state index contributed by atoms with van der Waals surface area (Å²) < 4.78 is 34.5. The predicted molar refractivity (Wildman–Crippen MR) is 100 cm³/mol. The fourth-order valence-electron chi connectivity index (χ4n) is 2.49. The molecular formula is C20H14F2NO4S-. The van der Waals surface area contributed by atoms with Crippen molar-refractivity contribution in [3.63, 3.8) is 0 Å². The van der Waals surface area contributed by atoms with E-state index in [9.17, 15) is 18.7 Å². The van der Waals surface area contributed by atoms with E-state index >= 15 is 0 Å². The fraction of sp³-hybridized carbons (Fsp3) is 0.100. The van der Waals surface area contributed by atoms with Gasteiger partial charge in [-0.1, -0.05) is 42.5 Å². The number of hydrogen-bond donors (Lipinski definition) is 0. The third-order valence-corrected chi connectivity index (χ3v) is 4.70. The second-order valence-corrected chi connectivity index (χ2v) is 6.54. The molecule has 0 atom stereocenters. The van der Waals surface area contributed by atoms with Crippen molar-refractivity contribution in [3.8, 4) is 22.8 Å². The van der Waals surface area contributed by atoms with Crippen LogP contribution in [0.4, 0.5) is 8.78 Å². The lowest BCUT2D eigenvalue weighted by Gasteiger charge is -2.10. The Hall–Kier alpha value is -3.26. The molecule has 144 valence electrons. The van der Waals surface area contributed by atoms with Crippen LogP contribution in [-0.4, -0.2) is 24.7 Å². The summed E-state index contributed by atoms with van der Waals surface area (Å²) in [4.78, 5) is 15.8. The first-order valence-electron chi connectivity index (χ1n) is 8.06. The molecule has 0 N–H and O–H groups in total. The number of carboxylic acid groups (broad SMARTS) is 1. The van der Waals surface area contributed by atoms with Crippen molar-refractivity contribution in [2.24, 2.45) is 0 Å². The molecule has 0 bridgehead atoms. The highest BCUT2D eigenvalue weighted by Crippen LogP contribution is 2.31. The molecule has 3 aromatic rings. The molecule has 0 unspecified atom stereocenters. The molecule has 3 rings (SSSR count). The molecule has 28 heavy (non-hydrogen) atoms. The number of benzene rings is 2. The van der Waals surface area contributed by atoms with Crippen LogP contribution >= 0.6 is 11.3 Å². The van der Waals surface area contributed by atoms with Gasteiger partial charge in [0.15, 0.2) is 11.5 Å². The van der Waals surface area contributed by atoms with Crippen LogP contribution in [0, 0.1) is 0 Å². The Morgan fingerprint density at radius 2 is 1.89 bits per heavy atom. The molecule has 2 aromatic carbocycles. The number of carbonyl (C=O) groups is 1. The van der Waals surface area contributed by atoms with E-state index < -0.39 is 12.6 Å². The van der Waals surface area contributed by atoms with E-state index in [1.54, 1.807) is 42.5 Å². The average Bonchev–Trinajstić information content (AvgIpc) is 3.11. The summed E-state index contributed by atoms with van der Waals surface area (Å²) in [6, 6.07) is 13.4. The molecule has 0 aliphatic carbocycles. The Labute approximate surface area is 163 Å². The largest absolute Gasteiger partial charge is 0.544 e. The van der Waals surface area contributed by atoms with Crippen molar-refractivity contribution in [2.45, 2.75) is 6.61 Å². The number of rotatable bonds is 7. The second-order valence-electron chi connectivity index (χ2n) is 5.51. The van der Waals surface area contributed by atoms with E-state index in [2.05, 4.69) is 9.72 Å². The van der Waals surface area contributed by atoms with E-state index in [4.69, 9.17) is 4.74 Å². The van der Waals surface area contributed by atoms with Gasteiger partial charge in [-0.25, -0.2) is 4.98 Å². The number of hydrogen-bond acceptors (Lipinski definition) is 6. The zero-order chi connectivity index (χ0) is 20.1. The first-order chi connectivity index (χ1) is 13.5. The molecule has 0 aliphatic heterocycles. The van der Waals surface area contributed by atoms with E-state index in [1.165, 1.54) is 19.2 Å². The molecule has 1 aromatic heterocycles. The van der Waals surface area contributed by atoms with E-state index in [0.29, 0.717) is 21.8 Å². The summed E-state index contributed by atoms with van der Waals surface area (Å²) in [6.07, 6.45) is 3.21. The average molecular weight is 402 g/mol. The van der Waals surface area contributed by atoms with Crippen LogP contribution in [0.15, 0.2) is 48.5 Å². The van der Waals surface area contributed by atoms with Gasteiger partial charge in [-0.05, 0) is 23.8 Å². The zero-order valence-corrected chi connectivity index (χ0v) is 15.4. The van der Waals surface area contributed by atoms with Gasteiger partial charge >= 0.3 is 6.61 Å². The Morgan fingerprint density at radius 1 is 1.14 bits per heavy atom. The van der Waals surface area contributed by atoms with E-state index in [1.807, 2.05) is 6.07 Å². The van der Waals surface area contributed by atoms with Gasteiger partial charge in [-0.2, -0.15) is 8.78 Å². The number of aromatic carboxylic acids is 1. The minimum absolute atomic E-state index is 0.0160. The number of thiazole rings is 1. The van der Waals surface area contributed by atoms with Gasteiger partial charge in [0.1, 0.15) is 5.01 Å². The number of ether oxygens (including phenoxy) is 2. The lowest BCUT2D eigenvalue weighted by Crippen LogP contribution is -2.21. The normalized spacial score (nSPS) is 11.1. The smallest absolute Gasteiger partial charge is 0.387 e. The molecule has 1 heterocycles. The maximum atomic E-state index is 12.5. The molecule has 0 fully saturated rings. The van der Waals surface area contributed by atoms with Crippen LogP contribution in [-0.2, 0) is 0 Å². The SMILES string of the molecule is COc1ccc(/C=C/c2nc(-c3ccccc3)c(C(=O)[O-])s2)cc1OC(F)F. The van der Waals surface area contributed by atoms with Gasteiger partial charge in [0.2, 0.25) is 0 Å². The van der Waals surface area contributed by atoms with Crippen molar-refractivity contribution in [3.05, 3.63) is 64.0 Å². The topological polar surface area (TPSA) is 71.5 Å². The van der Waals surface area contributed by atoms with Gasteiger partial charge in [-0.3, -0.25) is 0 Å². The molecule has 8 heteroatoms. The van der Waals surface area contributed by atoms with Crippen molar-refractivity contribution < 1.29 is 28.2 Å². The van der Waals surface area contributed by atoms with Gasteiger partial charge in [0.05, 0.1) is 23.7 Å². The Morgan fingerprint density at radius 3 is 2.54 bits per heavy atom. The highest BCUT2D eigenvalue weighted by atomic mass is 32.1. The Bertz CT molecular complexity index is 1000. The van der Waals surface area contributed by atoms with Crippen molar-refractivity contribution >= 4 is 29.5 Å². The molecular weight excluding hydrogens is 388 g/mol. The first kappa shape index (κ1) is 19.5. The molecule has 5 nitrogen and oxygen atoms in total. The summed E-state index contributed by atoms with van der Waals surface area (Å²) in [5, 5.41) is 11.9. The van der Waals surface area contributed by atoms with E-state index in [-0.39, 0.29) is 16.4 Å². The van der Waals surface area contributed by atoms with Gasteiger partial charge in [0.25, 0.3) is 0 Å². The summed E-state index contributed by atoms with van der Waals surface area (Å²) >= 11 is 0.968. The molecule has 0 saturated heterocycles. The number of methoxy groups -OCH3 is 1. The minimum Gasteiger partial charge on any atom is -0.544 e. The van der Waals surface area contributed by atoms with Crippen molar-refractivity contribution in [1.29, 1.82) is 0 Å². The van der Waals surface area contributed by atoms with Gasteiger partial charge < -0.3 is 19.4 Å². The highest BCUT2D eigenvalue weighted by Gasteiger charge is 2.13. The lowest BCUT2D eigenvalue weighted by atomic mass is 10.1. The van der Waals surface area contributed by atoms with Crippen molar-refractivity contribution in [2.75, 3.05) is 7.11 Å². The zero-order valence-electron chi connectivity index (χ0n) is 14.6. The van der Waals surface area contributed by atoms with Crippen LogP contribution in [0.1, 0.15) is 20.2 Å². The monoisotopic (exact) mass is 402 g/mol. The maximum Gasteiger partial charge on any atom is 0.387 e. The second kappa shape index (κ2) is 8.62. The standard InChI is InChI=1S/C20H15F2NO4S/c1-26-14-9-7-12(11-15(14)27-20(21)22)8-10-16-23-17(18(28-16)19(24)25)13-5-3-2-4-6-13/h2-11,20H,1H3,(H,24,25)/p-1/b10-8+. The minimum atomic E-state index is -2.98. The number of carboxylic acids is 1. The molecule has 0 aliphatic rings. The molecule has 0 saturated carbocycles. The predicted octanol–water partition coefficient (Wildman–Crippen LogP) is 3.95. The van der Waals surface area contributed by atoms with Crippen molar-refractivity contribution in [1.82, 2.24) is 4.98 Å². The highest BCUT2D eigenvalue weighted by molar-refractivity contribution is 7.14. The number of nitrogens with zero attached hydrogens (tertiary/aromatic N) is 1. The first-order valence-corrected chi connectivity index (χ1v) is 8.88. The fourth-order valence-corrected chi connectivity index (χ4v) is 3.32. The molecule has 0 spiro atoms. The number of carbonyl (C=O) groups excluding carboxylic acids is 1. The van der Waals surface area contributed by atoms with E-state index in [0.717, 1.165) is 11.3 Å². The third kappa shape index (κ3) is 4.52. The molecule has 0 radical (unpaired) electrons. The van der Waals surface area contributed by atoms with Crippen LogP contribution in [0.25, 0.3) is 23.4 Å². The summed E-state index contributed by atoms with van der Waals surface area (Å²) in [6.45, 7) is -2.98. The van der Waals surface area contributed by atoms with Crippen LogP contribution in [0.3, 0.4) is 0 Å². The van der Waals surface area contributed by atoms with Gasteiger partial charge in [-0.15, -0.1) is 11.3 Å². The summed E-state index contributed by atoms with van der Waals surface area (Å²) in [5.41, 5.74) is 1.54. The maximum absolute atomic E-state index is 12.5. The quantitative estimate of drug-likeness (QED) is 0.598. The Kier molecular flexibility index (Phi) is 6.00. The van der Waals surface area contributed by atoms with Crippen LogP contribution < -0.4 is 14.6 Å². The number of halogens is 2. The summed E-state index contributed by atoms with van der Waals surface area (Å²) in [7, 11) is 1.35. The molecule has 0 amide bonds. The number of aromatic nitrogens is 1.